The molecule has 14 heavy (non-hydrogen) atoms. The van der Waals surface area contributed by atoms with Crippen molar-refractivity contribution in [3.8, 4) is 0 Å². The van der Waals surface area contributed by atoms with Crippen molar-refractivity contribution in [2.45, 2.75) is 20.3 Å². The van der Waals surface area contributed by atoms with Gasteiger partial charge in [-0.25, -0.2) is 4.98 Å². The number of ether oxygens (including phenoxy) is 1. The largest absolute Gasteiger partial charge is 0.381 e. The minimum absolute atomic E-state index is 0.604. The Kier molecular flexibility index (Phi) is 4.71. The van der Waals surface area contributed by atoms with Crippen LogP contribution in [0.1, 0.15) is 18.4 Å². The molecule has 0 aliphatic rings. The van der Waals surface area contributed by atoms with Gasteiger partial charge in [0.25, 0.3) is 0 Å². The van der Waals surface area contributed by atoms with Gasteiger partial charge in [0.15, 0.2) is 0 Å². The lowest BCUT2D eigenvalue weighted by molar-refractivity contribution is 0.149. The topological polar surface area (TPSA) is 37.9 Å². The molecule has 0 unspecified atom stereocenters. The third-order valence-electron chi connectivity index (χ3n) is 1.77. The molecule has 1 rings (SSSR count). The average Bonchev–Trinajstić information content (AvgIpc) is 2.14. The van der Waals surface area contributed by atoms with Crippen molar-refractivity contribution < 1.29 is 4.74 Å². The first-order chi connectivity index (χ1) is 6.65. The van der Waals surface area contributed by atoms with Crippen molar-refractivity contribution in [1.82, 2.24) is 9.97 Å². The lowest BCUT2D eigenvalue weighted by Crippen LogP contribution is -2.04. The van der Waals surface area contributed by atoms with Crippen molar-refractivity contribution in [3.05, 3.63) is 20.6 Å². The highest BCUT2D eigenvalue weighted by molar-refractivity contribution is 9.10. The maximum atomic E-state index is 5.24. The molecule has 0 aliphatic heterocycles. The summed E-state index contributed by atoms with van der Waals surface area (Å²) in [6.45, 7) is 5.35. The first-order valence-corrected chi connectivity index (χ1v) is 5.68. The van der Waals surface area contributed by atoms with E-state index in [-0.39, 0.29) is 0 Å². The van der Waals surface area contributed by atoms with Crippen molar-refractivity contribution in [2.24, 2.45) is 0 Å². The van der Waals surface area contributed by atoms with E-state index in [0.29, 0.717) is 11.2 Å². The first kappa shape index (κ1) is 11.8. The molecule has 0 radical (unpaired) electrons. The van der Waals surface area contributed by atoms with Gasteiger partial charge in [-0.1, -0.05) is 12.2 Å². The van der Waals surface area contributed by atoms with Gasteiger partial charge in [-0.15, -0.1) is 0 Å². The summed E-state index contributed by atoms with van der Waals surface area (Å²) < 4.78 is 6.71. The summed E-state index contributed by atoms with van der Waals surface area (Å²) in [7, 11) is 0. The minimum atomic E-state index is 0.604. The quantitative estimate of drug-likeness (QED) is 0.679. The molecule has 1 aromatic rings. The van der Waals surface area contributed by atoms with E-state index in [0.717, 1.165) is 29.0 Å². The molecule has 0 aliphatic carbocycles. The van der Waals surface area contributed by atoms with Gasteiger partial charge in [0.05, 0.1) is 11.1 Å². The van der Waals surface area contributed by atoms with E-state index in [2.05, 4.69) is 25.9 Å². The van der Waals surface area contributed by atoms with Gasteiger partial charge in [0.1, 0.15) is 10.5 Å². The first-order valence-electron chi connectivity index (χ1n) is 4.48. The second-order valence-electron chi connectivity index (χ2n) is 2.87. The SMILES string of the molecule is CCOCCc1nc(=S)c(Br)c(C)[nH]1. The van der Waals surface area contributed by atoms with Crippen LogP contribution in [0.25, 0.3) is 0 Å². The van der Waals surface area contributed by atoms with E-state index >= 15 is 0 Å². The second kappa shape index (κ2) is 5.58. The zero-order valence-electron chi connectivity index (χ0n) is 8.26. The number of nitrogens with one attached hydrogen (secondary N) is 1. The van der Waals surface area contributed by atoms with Gasteiger partial charge in [0, 0.05) is 18.7 Å². The summed E-state index contributed by atoms with van der Waals surface area (Å²) in [5.74, 6) is 0.879. The van der Waals surface area contributed by atoms with Gasteiger partial charge in [-0.2, -0.15) is 0 Å². The zero-order chi connectivity index (χ0) is 10.6. The summed E-state index contributed by atoms with van der Waals surface area (Å²) in [6, 6.07) is 0. The fraction of sp³-hybridized carbons (Fsp3) is 0.556. The Morgan fingerprint density at radius 1 is 1.57 bits per heavy atom. The minimum Gasteiger partial charge on any atom is -0.381 e. The lowest BCUT2D eigenvalue weighted by atomic mass is 10.4. The predicted octanol–water partition coefficient (Wildman–Crippen LogP) is 2.79. The number of nitrogens with zero attached hydrogens (tertiary/aromatic N) is 1. The van der Waals surface area contributed by atoms with Crippen molar-refractivity contribution >= 4 is 28.1 Å². The molecule has 0 bridgehead atoms. The lowest BCUT2D eigenvalue weighted by Gasteiger charge is -2.04. The maximum absolute atomic E-state index is 5.24. The molecule has 1 aromatic heterocycles. The van der Waals surface area contributed by atoms with Crippen LogP contribution in [-0.4, -0.2) is 23.2 Å². The molecule has 1 heterocycles. The third kappa shape index (κ3) is 3.15. The Hall–Kier alpha value is -0.260. The highest BCUT2D eigenvalue weighted by atomic mass is 79.9. The van der Waals surface area contributed by atoms with Gasteiger partial charge in [-0.05, 0) is 29.8 Å². The van der Waals surface area contributed by atoms with E-state index in [1.54, 1.807) is 0 Å². The van der Waals surface area contributed by atoms with Gasteiger partial charge in [-0.3, -0.25) is 0 Å². The van der Waals surface area contributed by atoms with E-state index in [1.165, 1.54) is 0 Å². The van der Waals surface area contributed by atoms with Gasteiger partial charge >= 0.3 is 0 Å². The molecule has 0 saturated heterocycles. The molecule has 5 heteroatoms. The normalized spacial score (nSPS) is 10.5. The standard InChI is InChI=1S/C9H13BrN2OS/c1-3-13-5-4-7-11-6(2)8(10)9(14)12-7/h3-5H2,1-2H3,(H,11,12,14). The number of hydrogen-bond donors (Lipinski definition) is 1. The van der Waals surface area contributed by atoms with Crippen LogP contribution in [0, 0.1) is 11.6 Å². The van der Waals surface area contributed by atoms with E-state index in [4.69, 9.17) is 17.0 Å². The van der Waals surface area contributed by atoms with Crippen molar-refractivity contribution in [3.63, 3.8) is 0 Å². The fourth-order valence-corrected chi connectivity index (χ4v) is 1.51. The van der Waals surface area contributed by atoms with E-state index in [1.807, 2.05) is 13.8 Å². The average molecular weight is 277 g/mol. The Bertz CT molecular complexity index is 364. The van der Waals surface area contributed by atoms with E-state index < -0.39 is 0 Å². The number of aromatic amines is 1. The predicted molar refractivity (Wildman–Crippen MR) is 62.1 cm³/mol. The molecule has 0 aromatic carbocycles. The van der Waals surface area contributed by atoms with Crippen LogP contribution < -0.4 is 0 Å². The fourth-order valence-electron chi connectivity index (χ4n) is 1.06. The Morgan fingerprint density at radius 3 is 2.86 bits per heavy atom. The summed E-state index contributed by atoms with van der Waals surface area (Å²) >= 11 is 8.45. The maximum Gasteiger partial charge on any atom is 0.144 e. The molecule has 78 valence electrons. The summed E-state index contributed by atoms with van der Waals surface area (Å²) in [4.78, 5) is 7.41. The summed E-state index contributed by atoms with van der Waals surface area (Å²) in [5.41, 5.74) is 1.01. The van der Waals surface area contributed by atoms with Crippen LogP contribution in [0.3, 0.4) is 0 Å². The van der Waals surface area contributed by atoms with Crippen LogP contribution in [0.5, 0.6) is 0 Å². The number of aromatic nitrogens is 2. The van der Waals surface area contributed by atoms with Crippen LogP contribution in [-0.2, 0) is 11.2 Å². The highest BCUT2D eigenvalue weighted by Crippen LogP contribution is 2.14. The van der Waals surface area contributed by atoms with Gasteiger partial charge in [0.2, 0.25) is 0 Å². The Labute approximate surface area is 97.0 Å². The number of hydrogen-bond acceptors (Lipinski definition) is 3. The molecule has 1 N–H and O–H groups in total. The van der Waals surface area contributed by atoms with Crippen LogP contribution in [0.15, 0.2) is 4.47 Å². The number of rotatable bonds is 4. The molecule has 0 atom stereocenters. The number of aryl methyl sites for hydroxylation is 1. The smallest absolute Gasteiger partial charge is 0.144 e. The van der Waals surface area contributed by atoms with Crippen LogP contribution in [0.4, 0.5) is 0 Å². The summed E-state index contributed by atoms with van der Waals surface area (Å²) in [5, 5.41) is 0. The third-order valence-corrected chi connectivity index (χ3v) is 3.30. The van der Waals surface area contributed by atoms with E-state index in [9.17, 15) is 0 Å². The molecule has 0 amide bonds. The Morgan fingerprint density at radius 2 is 2.29 bits per heavy atom. The Balaban J connectivity index is 2.75. The molecular formula is C9H13BrN2OS. The second-order valence-corrected chi connectivity index (χ2v) is 4.05. The van der Waals surface area contributed by atoms with Crippen molar-refractivity contribution in [1.29, 1.82) is 0 Å². The van der Waals surface area contributed by atoms with Crippen LogP contribution >= 0.6 is 28.1 Å². The van der Waals surface area contributed by atoms with Crippen LogP contribution in [0.2, 0.25) is 0 Å². The molecule has 0 saturated carbocycles. The zero-order valence-corrected chi connectivity index (χ0v) is 10.7. The summed E-state index contributed by atoms with van der Waals surface area (Å²) in [6.07, 6.45) is 0.769. The molecule has 3 nitrogen and oxygen atoms in total. The molecule has 0 fully saturated rings. The van der Waals surface area contributed by atoms with Crippen molar-refractivity contribution in [2.75, 3.05) is 13.2 Å². The monoisotopic (exact) mass is 276 g/mol. The number of H-pyrrole nitrogens is 1. The highest BCUT2D eigenvalue weighted by Gasteiger charge is 2.01. The number of halogens is 1. The molecular weight excluding hydrogens is 264 g/mol. The van der Waals surface area contributed by atoms with Gasteiger partial charge < -0.3 is 9.72 Å². The molecule has 0 spiro atoms.